The van der Waals surface area contributed by atoms with Crippen LogP contribution >= 0.6 is 11.6 Å². The largest absolute Gasteiger partial charge is 0.462 e. The zero-order chi connectivity index (χ0) is 25.1. The number of pyridine rings is 1. The van der Waals surface area contributed by atoms with E-state index in [1.807, 2.05) is 32.0 Å². The summed E-state index contributed by atoms with van der Waals surface area (Å²) >= 11 is 5.94. The number of hydrogen-bond donors (Lipinski definition) is 1. The van der Waals surface area contributed by atoms with Crippen LogP contribution in [0.1, 0.15) is 46.0 Å². The topological polar surface area (TPSA) is 86.1 Å². The van der Waals surface area contributed by atoms with Crippen molar-refractivity contribution in [3.05, 3.63) is 81.5 Å². The predicted octanol–water partition coefficient (Wildman–Crippen LogP) is 5.75. The number of aromatic nitrogens is 3. The van der Waals surface area contributed by atoms with Crippen LogP contribution in [0.2, 0.25) is 5.02 Å². The van der Waals surface area contributed by atoms with Crippen LogP contribution in [-0.4, -0.2) is 33.2 Å². The first-order valence-electron chi connectivity index (χ1n) is 11.4. The number of carbonyl (C=O) groups is 2. The lowest BCUT2D eigenvalue weighted by atomic mass is 10.0. The molecule has 8 heteroatoms. The third-order valence-corrected chi connectivity index (χ3v) is 5.99. The molecule has 0 saturated carbocycles. The Hall–Kier alpha value is -3.71. The molecular formula is C27H27ClN4O3. The molecule has 0 aliphatic carbocycles. The van der Waals surface area contributed by atoms with Crippen molar-refractivity contribution in [1.82, 2.24) is 14.8 Å². The fourth-order valence-corrected chi connectivity index (χ4v) is 4.17. The number of anilines is 1. The molecule has 0 aliphatic rings. The van der Waals surface area contributed by atoms with Gasteiger partial charge in [-0.05, 0) is 75.1 Å². The highest BCUT2D eigenvalue weighted by atomic mass is 35.5. The molecule has 2 aromatic carbocycles. The first-order valence-corrected chi connectivity index (χ1v) is 11.8. The lowest BCUT2D eigenvalue weighted by Gasteiger charge is -2.13. The molecule has 4 aromatic rings. The highest BCUT2D eigenvalue weighted by molar-refractivity contribution is 6.30. The van der Waals surface area contributed by atoms with Crippen LogP contribution in [0.4, 0.5) is 5.82 Å². The van der Waals surface area contributed by atoms with E-state index in [-0.39, 0.29) is 30.3 Å². The van der Waals surface area contributed by atoms with Crippen molar-refractivity contribution in [3.63, 3.8) is 0 Å². The van der Waals surface area contributed by atoms with Gasteiger partial charge in [-0.3, -0.25) is 4.79 Å². The van der Waals surface area contributed by atoms with Gasteiger partial charge in [0.15, 0.2) is 11.6 Å². The quantitative estimate of drug-likeness (QED) is 0.333. The summed E-state index contributed by atoms with van der Waals surface area (Å²) in [5.41, 5.74) is 5.22. The molecule has 1 amide bonds. The van der Waals surface area contributed by atoms with E-state index < -0.39 is 5.97 Å². The zero-order valence-electron chi connectivity index (χ0n) is 20.2. The van der Waals surface area contributed by atoms with Crippen molar-refractivity contribution >= 4 is 40.2 Å². The number of rotatable bonds is 7. The molecule has 0 atom stereocenters. The molecule has 0 aliphatic heterocycles. The summed E-state index contributed by atoms with van der Waals surface area (Å²) in [5.74, 6) is -0.0706. The van der Waals surface area contributed by atoms with Crippen LogP contribution in [-0.2, 0) is 16.0 Å². The van der Waals surface area contributed by atoms with Crippen LogP contribution in [0.3, 0.4) is 0 Å². The summed E-state index contributed by atoms with van der Waals surface area (Å²) in [6.07, 6.45) is 2.14. The first-order chi connectivity index (χ1) is 16.8. The highest BCUT2D eigenvalue weighted by Gasteiger charge is 2.23. The smallest absolute Gasteiger partial charge is 0.343 e. The van der Waals surface area contributed by atoms with Crippen molar-refractivity contribution in [1.29, 1.82) is 0 Å². The molecule has 0 spiro atoms. The second-order valence-electron chi connectivity index (χ2n) is 8.49. The lowest BCUT2D eigenvalue weighted by molar-refractivity contribution is -0.116. The Labute approximate surface area is 209 Å². The van der Waals surface area contributed by atoms with Crippen molar-refractivity contribution < 1.29 is 14.3 Å². The van der Waals surface area contributed by atoms with Gasteiger partial charge in [0, 0.05) is 16.8 Å². The number of amides is 1. The Morgan fingerprint density at radius 1 is 1.06 bits per heavy atom. The van der Waals surface area contributed by atoms with E-state index in [4.69, 9.17) is 21.3 Å². The number of aryl methyl sites for hydroxylation is 4. The number of carbonyl (C=O) groups excluding carboxylic acids is 2. The number of halogens is 1. The predicted molar refractivity (Wildman–Crippen MR) is 137 cm³/mol. The van der Waals surface area contributed by atoms with Gasteiger partial charge in [0.05, 0.1) is 18.3 Å². The number of nitrogens with one attached hydrogen (secondary N) is 1. The maximum atomic E-state index is 12.9. The lowest BCUT2D eigenvalue weighted by Crippen LogP contribution is -2.19. The van der Waals surface area contributed by atoms with Gasteiger partial charge in [-0.25, -0.2) is 9.78 Å². The highest BCUT2D eigenvalue weighted by Crippen LogP contribution is 2.27. The van der Waals surface area contributed by atoms with Gasteiger partial charge in [0.25, 0.3) is 0 Å². The van der Waals surface area contributed by atoms with Gasteiger partial charge in [-0.1, -0.05) is 35.4 Å². The number of esters is 1. The summed E-state index contributed by atoms with van der Waals surface area (Å²) in [6, 6.07) is 13.4. The molecule has 4 rings (SSSR count). The van der Waals surface area contributed by atoms with E-state index >= 15 is 0 Å². The van der Waals surface area contributed by atoms with Gasteiger partial charge >= 0.3 is 5.97 Å². The number of benzene rings is 2. The van der Waals surface area contributed by atoms with E-state index in [1.165, 1.54) is 10.9 Å². The molecule has 0 saturated heterocycles. The number of ether oxygens (including phenoxy) is 1. The Balaban J connectivity index is 1.69. The zero-order valence-corrected chi connectivity index (χ0v) is 20.9. The van der Waals surface area contributed by atoms with E-state index in [0.29, 0.717) is 17.3 Å². The summed E-state index contributed by atoms with van der Waals surface area (Å²) in [7, 11) is 0. The van der Waals surface area contributed by atoms with Gasteiger partial charge in [0.1, 0.15) is 5.56 Å². The summed E-state index contributed by atoms with van der Waals surface area (Å²) < 4.78 is 6.67. The molecular weight excluding hydrogens is 464 g/mol. The third-order valence-electron chi connectivity index (χ3n) is 5.74. The van der Waals surface area contributed by atoms with Crippen molar-refractivity contribution in [2.24, 2.45) is 0 Å². The van der Waals surface area contributed by atoms with Crippen LogP contribution in [0.25, 0.3) is 16.7 Å². The Morgan fingerprint density at radius 3 is 2.51 bits per heavy atom. The van der Waals surface area contributed by atoms with Crippen LogP contribution in [0.5, 0.6) is 0 Å². The van der Waals surface area contributed by atoms with E-state index in [1.54, 1.807) is 19.1 Å². The maximum absolute atomic E-state index is 12.9. The number of fused-ring (bicyclic) bond motifs is 1. The third kappa shape index (κ3) is 5.35. The average Bonchev–Trinajstić information content (AvgIpc) is 3.23. The second kappa shape index (κ2) is 10.3. The van der Waals surface area contributed by atoms with E-state index in [9.17, 15) is 9.59 Å². The van der Waals surface area contributed by atoms with E-state index in [2.05, 4.69) is 29.5 Å². The molecule has 2 aromatic heterocycles. The van der Waals surface area contributed by atoms with Crippen LogP contribution in [0.15, 0.2) is 48.7 Å². The van der Waals surface area contributed by atoms with Crippen molar-refractivity contribution in [3.8, 4) is 5.82 Å². The normalized spacial score (nSPS) is 11.0. The molecule has 1 N–H and O–H groups in total. The standard InChI is InChI=1S/C27H27ClN4O3/c1-5-35-27(34)22-15-29-32(23-14-17(3)21-13-16(2)12-18(4)25(21)30-23)26(22)31-24(33)11-8-19-6-9-20(28)10-7-19/h6-7,9-10,12-15H,5,8,11H2,1-4H3,(H,31,33). The Morgan fingerprint density at radius 2 is 1.80 bits per heavy atom. The van der Waals surface area contributed by atoms with Gasteiger partial charge in [-0.15, -0.1) is 0 Å². The fraction of sp³-hybridized carbons (Fsp3) is 0.259. The monoisotopic (exact) mass is 490 g/mol. The summed E-state index contributed by atoms with van der Waals surface area (Å²) in [6.45, 7) is 8.01. The molecule has 180 valence electrons. The number of nitrogens with zero attached hydrogens (tertiary/aromatic N) is 3. The molecule has 0 fully saturated rings. The Bertz CT molecular complexity index is 1410. The fourth-order valence-electron chi connectivity index (χ4n) is 4.04. The molecule has 7 nitrogen and oxygen atoms in total. The minimum atomic E-state index is -0.559. The molecule has 2 heterocycles. The summed E-state index contributed by atoms with van der Waals surface area (Å²) in [4.78, 5) is 30.3. The Kier molecular flexibility index (Phi) is 7.17. The van der Waals surface area contributed by atoms with Crippen LogP contribution in [0, 0.1) is 20.8 Å². The first kappa shape index (κ1) is 24.4. The maximum Gasteiger partial charge on any atom is 0.343 e. The number of hydrogen-bond acceptors (Lipinski definition) is 5. The van der Waals surface area contributed by atoms with E-state index in [0.717, 1.165) is 33.2 Å². The summed E-state index contributed by atoms with van der Waals surface area (Å²) in [5, 5.41) is 8.95. The molecule has 0 radical (unpaired) electrons. The minimum Gasteiger partial charge on any atom is -0.462 e. The van der Waals surface area contributed by atoms with Gasteiger partial charge < -0.3 is 10.1 Å². The SMILES string of the molecule is CCOC(=O)c1cnn(-c2cc(C)c3cc(C)cc(C)c3n2)c1NC(=O)CCc1ccc(Cl)cc1. The van der Waals surface area contributed by atoms with Crippen molar-refractivity contribution in [2.45, 2.75) is 40.5 Å². The average molecular weight is 491 g/mol. The van der Waals surface area contributed by atoms with Crippen LogP contribution < -0.4 is 5.32 Å². The van der Waals surface area contributed by atoms with Gasteiger partial charge in [-0.2, -0.15) is 9.78 Å². The van der Waals surface area contributed by atoms with Crippen molar-refractivity contribution in [2.75, 3.05) is 11.9 Å². The molecule has 35 heavy (non-hydrogen) atoms. The molecule has 0 unspecified atom stereocenters. The van der Waals surface area contributed by atoms with Gasteiger partial charge in [0.2, 0.25) is 5.91 Å². The molecule has 0 bridgehead atoms. The minimum absolute atomic E-state index is 0.173. The second-order valence-corrected chi connectivity index (χ2v) is 8.93.